The number of amides is 1. The number of oxazole rings is 1. The average molecular weight is 384 g/mol. The first-order valence-electron chi connectivity index (χ1n) is 9.18. The molecule has 2 aromatic heterocycles. The third-order valence-corrected chi connectivity index (χ3v) is 5.16. The van der Waals surface area contributed by atoms with Crippen molar-refractivity contribution in [3.63, 3.8) is 0 Å². The molecule has 1 fully saturated rings. The summed E-state index contributed by atoms with van der Waals surface area (Å²) in [7, 11) is 1.79. The molecule has 4 rings (SSSR count). The van der Waals surface area contributed by atoms with Gasteiger partial charge in [-0.15, -0.1) is 0 Å². The summed E-state index contributed by atoms with van der Waals surface area (Å²) in [6, 6.07) is 5.91. The largest absolute Gasteiger partial charge is 0.444 e. The van der Waals surface area contributed by atoms with Gasteiger partial charge in [-0.3, -0.25) is 9.48 Å². The van der Waals surface area contributed by atoms with Crippen LogP contribution in [0.3, 0.4) is 0 Å². The summed E-state index contributed by atoms with van der Waals surface area (Å²) in [4.78, 5) is 18.7. The molecule has 146 valence electrons. The van der Waals surface area contributed by atoms with Crippen molar-refractivity contribution in [1.29, 1.82) is 0 Å². The zero-order valence-corrected chi connectivity index (χ0v) is 15.5. The van der Waals surface area contributed by atoms with Crippen LogP contribution >= 0.6 is 0 Å². The number of likely N-dealkylation sites (tertiary alicyclic amines) is 1. The number of aliphatic hydroxyl groups excluding tert-OH is 1. The minimum atomic E-state index is -0.665. The van der Waals surface area contributed by atoms with Crippen LogP contribution in [0.4, 0.5) is 4.39 Å². The Morgan fingerprint density at radius 3 is 2.64 bits per heavy atom. The fraction of sp³-hybridized carbons (Fsp3) is 0.350. The van der Waals surface area contributed by atoms with Gasteiger partial charge in [-0.1, -0.05) is 12.1 Å². The van der Waals surface area contributed by atoms with E-state index in [1.807, 2.05) is 0 Å². The molecule has 1 saturated heterocycles. The van der Waals surface area contributed by atoms with Gasteiger partial charge < -0.3 is 14.4 Å². The smallest absolute Gasteiger partial charge is 0.275 e. The molecule has 0 saturated carbocycles. The number of hydrogen-bond donors (Lipinski definition) is 1. The van der Waals surface area contributed by atoms with Crippen LogP contribution in [0, 0.1) is 11.7 Å². The number of aliphatic hydroxyl groups is 1. The van der Waals surface area contributed by atoms with Crippen molar-refractivity contribution in [3.05, 3.63) is 60.0 Å². The summed E-state index contributed by atoms with van der Waals surface area (Å²) >= 11 is 0. The second-order valence-corrected chi connectivity index (χ2v) is 7.07. The lowest BCUT2D eigenvalue weighted by atomic mass is 9.87. The zero-order valence-electron chi connectivity index (χ0n) is 15.5. The maximum atomic E-state index is 13.1. The van der Waals surface area contributed by atoms with Gasteiger partial charge in [0.15, 0.2) is 5.69 Å². The number of hydrogen-bond acceptors (Lipinski definition) is 5. The molecule has 0 bridgehead atoms. The molecule has 1 amide bonds. The number of benzene rings is 1. The van der Waals surface area contributed by atoms with E-state index >= 15 is 0 Å². The summed E-state index contributed by atoms with van der Waals surface area (Å²) in [5, 5.41) is 14.6. The van der Waals surface area contributed by atoms with Gasteiger partial charge in [-0.05, 0) is 36.5 Å². The predicted octanol–water partition coefficient (Wildman–Crippen LogP) is 2.80. The maximum Gasteiger partial charge on any atom is 0.275 e. The highest BCUT2D eigenvalue weighted by Crippen LogP contribution is 2.31. The summed E-state index contributed by atoms with van der Waals surface area (Å²) in [5.74, 6) is -0.126. The first kappa shape index (κ1) is 18.4. The van der Waals surface area contributed by atoms with Crippen molar-refractivity contribution < 1.29 is 18.7 Å². The normalized spacial score (nSPS) is 16.3. The van der Waals surface area contributed by atoms with Crippen LogP contribution in [0.1, 0.15) is 35.0 Å². The molecule has 8 heteroatoms. The van der Waals surface area contributed by atoms with Gasteiger partial charge in [0.1, 0.15) is 12.1 Å². The van der Waals surface area contributed by atoms with E-state index in [1.165, 1.54) is 18.4 Å². The number of aromatic nitrogens is 3. The van der Waals surface area contributed by atoms with Crippen LogP contribution in [0.25, 0.3) is 11.5 Å². The number of aryl methyl sites for hydroxylation is 1. The Labute approximate surface area is 161 Å². The van der Waals surface area contributed by atoms with Crippen molar-refractivity contribution in [2.75, 3.05) is 13.1 Å². The van der Waals surface area contributed by atoms with Gasteiger partial charge >= 0.3 is 0 Å². The van der Waals surface area contributed by atoms with Crippen molar-refractivity contribution in [2.24, 2.45) is 13.0 Å². The molecular formula is C20H21FN4O3. The molecule has 1 aliphatic heterocycles. The molecule has 1 atom stereocenters. The molecule has 1 aromatic carbocycles. The molecule has 1 unspecified atom stereocenters. The Hall–Kier alpha value is -3.00. The van der Waals surface area contributed by atoms with Crippen LogP contribution < -0.4 is 0 Å². The van der Waals surface area contributed by atoms with E-state index in [0.29, 0.717) is 42.9 Å². The van der Waals surface area contributed by atoms with E-state index in [2.05, 4.69) is 10.1 Å². The summed E-state index contributed by atoms with van der Waals surface area (Å²) in [5.41, 5.74) is 1.67. The minimum Gasteiger partial charge on any atom is -0.444 e. The molecule has 0 radical (unpaired) electrons. The van der Waals surface area contributed by atoms with Crippen LogP contribution in [-0.2, 0) is 7.05 Å². The highest BCUT2D eigenvalue weighted by molar-refractivity contribution is 5.92. The highest BCUT2D eigenvalue weighted by atomic mass is 19.1. The Morgan fingerprint density at radius 1 is 1.29 bits per heavy atom. The van der Waals surface area contributed by atoms with Crippen LogP contribution in [0.5, 0.6) is 0 Å². The maximum absolute atomic E-state index is 13.1. The Bertz CT molecular complexity index is 958. The first-order chi connectivity index (χ1) is 13.5. The molecule has 1 N–H and O–H groups in total. The minimum absolute atomic E-state index is 0.0257. The molecule has 28 heavy (non-hydrogen) atoms. The van der Waals surface area contributed by atoms with E-state index < -0.39 is 6.10 Å². The standard InChI is InChI=1S/C20H21FN4O3/c1-24-11-15(10-22-24)19-23-17(12-28-19)20(27)25-8-6-14(7-9-25)18(26)13-2-4-16(21)5-3-13/h2-5,10-12,14,18,26H,6-9H2,1H3. The number of carbonyl (C=O) groups excluding carboxylic acids is 1. The van der Waals surface area contributed by atoms with Crippen molar-refractivity contribution in [3.8, 4) is 11.5 Å². The van der Waals surface area contributed by atoms with Gasteiger partial charge in [0, 0.05) is 26.3 Å². The van der Waals surface area contributed by atoms with Crippen molar-refractivity contribution >= 4 is 5.91 Å². The van der Waals surface area contributed by atoms with E-state index in [9.17, 15) is 14.3 Å². The van der Waals surface area contributed by atoms with Crippen molar-refractivity contribution in [2.45, 2.75) is 18.9 Å². The molecular weight excluding hydrogens is 363 g/mol. The Morgan fingerprint density at radius 2 is 2.00 bits per heavy atom. The van der Waals surface area contributed by atoms with Crippen molar-refractivity contribution in [1.82, 2.24) is 19.7 Å². The van der Waals surface area contributed by atoms with Gasteiger partial charge in [-0.25, -0.2) is 9.37 Å². The molecule has 7 nitrogen and oxygen atoms in total. The first-order valence-corrected chi connectivity index (χ1v) is 9.18. The fourth-order valence-corrected chi connectivity index (χ4v) is 3.55. The number of piperidine rings is 1. The number of carbonyl (C=O) groups is 1. The van der Waals surface area contributed by atoms with Crippen LogP contribution in [0.2, 0.25) is 0 Å². The topological polar surface area (TPSA) is 84.4 Å². The second kappa shape index (κ2) is 7.55. The molecule has 1 aliphatic rings. The van der Waals surface area contributed by atoms with E-state index in [4.69, 9.17) is 4.42 Å². The van der Waals surface area contributed by atoms with E-state index in [1.54, 1.807) is 41.2 Å². The van der Waals surface area contributed by atoms with Gasteiger partial charge in [0.2, 0.25) is 5.89 Å². The lowest BCUT2D eigenvalue weighted by Gasteiger charge is -2.34. The van der Waals surface area contributed by atoms with Gasteiger partial charge in [0.05, 0.1) is 17.9 Å². The lowest BCUT2D eigenvalue weighted by Crippen LogP contribution is -2.39. The molecule has 3 aromatic rings. The molecule has 0 aliphatic carbocycles. The second-order valence-electron chi connectivity index (χ2n) is 7.07. The predicted molar refractivity (Wildman–Crippen MR) is 98.7 cm³/mol. The zero-order chi connectivity index (χ0) is 19.7. The summed E-state index contributed by atoms with van der Waals surface area (Å²) in [6.45, 7) is 1.05. The van der Waals surface area contributed by atoms with Gasteiger partial charge in [0.25, 0.3) is 5.91 Å². The molecule has 3 heterocycles. The monoisotopic (exact) mass is 384 g/mol. The van der Waals surface area contributed by atoms with E-state index in [-0.39, 0.29) is 23.3 Å². The van der Waals surface area contributed by atoms with E-state index in [0.717, 1.165) is 0 Å². The van der Waals surface area contributed by atoms with Crippen LogP contribution in [0.15, 0.2) is 47.3 Å². The number of rotatable bonds is 4. The molecule has 0 spiro atoms. The Balaban J connectivity index is 1.37. The third kappa shape index (κ3) is 3.68. The number of halogens is 1. The summed E-state index contributed by atoms with van der Waals surface area (Å²) < 4.78 is 20.1. The van der Waals surface area contributed by atoms with Crippen LogP contribution in [-0.4, -0.2) is 43.8 Å². The van der Waals surface area contributed by atoms with Gasteiger partial charge in [-0.2, -0.15) is 5.10 Å². The quantitative estimate of drug-likeness (QED) is 0.748. The summed E-state index contributed by atoms with van der Waals surface area (Å²) in [6.07, 6.45) is 5.42. The average Bonchev–Trinajstić information content (AvgIpc) is 3.37. The highest BCUT2D eigenvalue weighted by Gasteiger charge is 2.30. The lowest BCUT2D eigenvalue weighted by molar-refractivity contribution is 0.0458. The third-order valence-electron chi connectivity index (χ3n) is 5.16. The fourth-order valence-electron chi connectivity index (χ4n) is 3.55. The Kier molecular flexibility index (Phi) is 4.95. The number of nitrogens with zero attached hydrogens (tertiary/aromatic N) is 4. The SMILES string of the molecule is Cn1cc(-c2nc(C(=O)N3CCC(C(O)c4ccc(F)cc4)CC3)co2)cn1.